The molecule has 2 aromatic carbocycles. The van der Waals surface area contributed by atoms with E-state index >= 15 is 0 Å². The van der Waals surface area contributed by atoms with Crippen LogP contribution < -0.4 is 20.0 Å². The molecular formula is C16H11BrN3O6-. The Bertz CT molecular complexity index is 902. The molecule has 0 fully saturated rings. The topological polar surface area (TPSA) is 126 Å². The van der Waals surface area contributed by atoms with Gasteiger partial charge >= 0.3 is 0 Å². The first-order valence-corrected chi connectivity index (χ1v) is 8.11. The molecule has 0 radical (unpaired) electrons. The van der Waals surface area contributed by atoms with Crippen LogP contribution in [-0.2, 0) is 4.79 Å². The van der Waals surface area contributed by atoms with E-state index in [0.29, 0.717) is 16.0 Å². The Hall–Kier alpha value is -3.14. The predicted molar refractivity (Wildman–Crippen MR) is 92.3 cm³/mol. The van der Waals surface area contributed by atoms with Gasteiger partial charge in [0, 0.05) is 10.5 Å². The summed E-state index contributed by atoms with van der Waals surface area (Å²) in [5.41, 5.74) is 1.59. The van der Waals surface area contributed by atoms with Gasteiger partial charge in [0.1, 0.15) is 6.61 Å². The van der Waals surface area contributed by atoms with Crippen molar-refractivity contribution in [3.05, 3.63) is 56.5 Å². The van der Waals surface area contributed by atoms with E-state index in [2.05, 4.69) is 26.5 Å². The second kappa shape index (κ2) is 7.40. The van der Waals surface area contributed by atoms with E-state index in [1.54, 1.807) is 24.3 Å². The van der Waals surface area contributed by atoms with Gasteiger partial charge in [0.2, 0.25) is 6.10 Å². The fourth-order valence-electron chi connectivity index (χ4n) is 2.22. The first-order chi connectivity index (χ1) is 12.5. The van der Waals surface area contributed by atoms with E-state index in [0.717, 1.165) is 12.3 Å². The van der Waals surface area contributed by atoms with Gasteiger partial charge in [-0.2, -0.15) is 5.10 Å². The van der Waals surface area contributed by atoms with Crippen molar-refractivity contribution in [1.29, 1.82) is 0 Å². The number of nitro groups is 1. The number of para-hydroxylation sites is 2. The molecule has 0 spiro atoms. The molecule has 1 N–H and O–H groups in total. The second-order valence-corrected chi connectivity index (χ2v) is 6.11. The molecular weight excluding hydrogens is 410 g/mol. The van der Waals surface area contributed by atoms with Crippen LogP contribution in [-0.4, -0.2) is 29.8 Å². The van der Waals surface area contributed by atoms with Crippen molar-refractivity contribution in [2.24, 2.45) is 5.10 Å². The molecule has 0 unspecified atom stereocenters. The van der Waals surface area contributed by atoms with Crippen LogP contribution in [0.4, 0.5) is 5.69 Å². The molecule has 0 aliphatic carbocycles. The van der Waals surface area contributed by atoms with Crippen molar-refractivity contribution in [2.75, 3.05) is 6.61 Å². The van der Waals surface area contributed by atoms with Crippen LogP contribution in [0.3, 0.4) is 0 Å². The van der Waals surface area contributed by atoms with Crippen molar-refractivity contribution in [3.8, 4) is 17.2 Å². The summed E-state index contributed by atoms with van der Waals surface area (Å²) < 4.78 is 11.3. The fraction of sp³-hybridized carbons (Fsp3) is 0.125. The standard InChI is InChI=1S/C16H12BrN3O6/c17-10-5-9(15(21)11(6-10)20(23)24)7-18-19-16(22)14-8-25-12-3-1-2-4-13(12)26-14/h1-7,14,21H,8H2,(H,19,22)/p-1/b18-7-/t14-/m0/s1. The molecule has 0 saturated carbocycles. The van der Waals surface area contributed by atoms with Gasteiger partial charge in [0.05, 0.1) is 11.1 Å². The van der Waals surface area contributed by atoms with Gasteiger partial charge in [-0.1, -0.05) is 28.1 Å². The van der Waals surface area contributed by atoms with Crippen molar-refractivity contribution in [3.63, 3.8) is 0 Å². The molecule has 0 aromatic heterocycles. The highest BCUT2D eigenvalue weighted by Crippen LogP contribution is 2.31. The maximum absolute atomic E-state index is 12.1. The van der Waals surface area contributed by atoms with Crippen LogP contribution in [0.2, 0.25) is 0 Å². The number of nitrogens with one attached hydrogen (secondary N) is 1. The maximum atomic E-state index is 12.1. The zero-order valence-electron chi connectivity index (χ0n) is 13.0. The molecule has 1 aliphatic rings. The minimum Gasteiger partial charge on any atom is -0.867 e. The van der Waals surface area contributed by atoms with Gasteiger partial charge in [-0.25, -0.2) is 5.43 Å². The van der Waals surface area contributed by atoms with Crippen LogP contribution in [0.5, 0.6) is 17.2 Å². The molecule has 1 atom stereocenters. The number of hydrogen-bond acceptors (Lipinski definition) is 7. The van der Waals surface area contributed by atoms with Gasteiger partial charge in [-0.15, -0.1) is 0 Å². The Balaban J connectivity index is 1.68. The summed E-state index contributed by atoms with van der Waals surface area (Å²) in [6, 6.07) is 9.38. The molecule has 0 bridgehead atoms. The lowest BCUT2D eigenvalue weighted by atomic mass is 10.2. The Labute approximate surface area is 155 Å². The Morgan fingerprint density at radius 2 is 2.08 bits per heavy atom. The van der Waals surface area contributed by atoms with Crippen molar-refractivity contribution >= 4 is 33.7 Å². The van der Waals surface area contributed by atoms with Crippen LogP contribution in [0.15, 0.2) is 46.0 Å². The maximum Gasteiger partial charge on any atom is 0.284 e. The van der Waals surface area contributed by atoms with E-state index in [1.165, 1.54) is 6.07 Å². The highest BCUT2D eigenvalue weighted by molar-refractivity contribution is 9.10. The molecule has 1 aliphatic heterocycles. The van der Waals surface area contributed by atoms with Gasteiger partial charge < -0.3 is 14.6 Å². The number of benzene rings is 2. The minimum absolute atomic E-state index is 0.00747. The Morgan fingerprint density at radius 3 is 2.81 bits per heavy atom. The van der Waals surface area contributed by atoms with Crippen molar-refractivity contribution in [1.82, 2.24) is 5.43 Å². The van der Waals surface area contributed by atoms with Crippen molar-refractivity contribution < 1.29 is 24.3 Å². The lowest BCUT2D eigenvalue weighted by Crippen LogP contribution is -2.42. The third-order valence-corrected chi connectivity index (χ3v) is 3.90. The smallest absolute Gasteiger partial charge is 0.284 e. The number of fused-ring (bicyclic) bond motifs is 1. The zero-order valence-corrected chi connectivity index (χ0v) is 14.6. The second-order valence-electron chi connectivity index (χ2n) is 5.20. The van der Waals surface area contributed by atoms with Gasteiger partial charge in [-0.3, -0.25) is 14.9 Å². The summed E-state index contributed by atoms with van der Waals surface area (Å²) in [5.74, 6) is -0.403. The van der Waals surface area contributed by atoms with E-state index in [-0.39, 0.29) is 12.2 Å². The summed E-state index contributed by atoms with van der Waals surface area (Å²) in [6.07, 6.45) is 0.126. The first-order valence-electron chi connectivity index (χ1n) is 7.32. The summed E-state index contributed by atoms with van der Waals surface area (Å²) in [4.78, 5) is 22.2. The fourth-order valence-corrected chi connectivity index (χ4v) is 2.68. The van der Waals surface area contributed by atoms with Crippen LogP contribution >= 0.6 is 15.9 Å². The molecule has 134 valence electrons. The number of halogens is 1. The number of carbonyl (C=O) groups excluding carboxylic acids is 1. The predicted octanol–water partition coefficient (Wildman–Crippen LogP) is 1.72. The van der Waals surface area contributed by atoms with Crippen LogP contribution in [0.1, 0.15) is 5.56 Å². The molecule has 2 aromatic rings. The molecule has 9 nitrogen and oxygen atoms in total. The zero-order chi connectivity index (χ0) is 18.7. The number of hydrogen-bond donors (Lipinski definition) is 1. The van der Waals surface area contributed by atoms with E-state index in [4.69, 9.17) is 9.47 Å². The number of nitrogens with zero attached hydrogens (tertiary/aromatic N) is 2. The Morgan fingerprint density at radius 1 is 1.35 bits per heavy atom. The molecule has 1 heterocycles. The normalized spacial score (nSPS) is 15.7. The van der Waals surface area contributed by atoms with Crippen LogP contribution in [0, 0.1) is 10.1 Å². The summed E-state index contributed by atoms with van der Waals surface area (Å²) >= 11 is 3.09. The van der Waals surface area contributed by atoms with E-state index in [1.807, 2.05) is 0 Å². The summed E-state index contributed by atoms with van der Waals surface area (Å²) in [6.45, 7) is 0.00747. The molecule has 0 saturated heterocycles. The van der Waals surface area contributed by atoms with Gasteiger partial charge in [-0.05, 0) is 29.5 Å². The molecule has 26 heavy (non-hydrogen) atoms. The number of hydrazone groups is 1. The lowest BCUT2D eigenvalue weighted by molar-refractivity contribution is -0.398. The Kier molecular flexibility index (Phi) is 5.03. The number of carbonyl (C=O) groups is 1. The van der Waals surface area contributed by atoms with E-state index < -0.39 is 28.4 Å². The number of amides is 1. The largest absolute Gasteiger partial charge is 0.867 e. The van der Waals surface area contributed by atoms with Gasteiger partial charge in [0.15, 0.2) is 11.5 Å². The average molecular weight is 421 g/mol. The average Bonchev–Trinajstić information content (AvgIpc) is 2.63. The van der Waals surface area contributed by atoms with Crippen molar-refractivity contribution in [2.45, 2.75) is 6.10 Å². The molecule has 10 heteroatoms. The highest BCUT2D eigenvalue weighted by Gasteiger charge is 2.27. The monoisotopic (exact) mass is 420 g/mol. The van der Waals surface area contributed by atoms with Gasteiger partial charge in [0.25, 0.3) is 11.6 Å². The SMILES string of the molecule is O=C(N/N=C\c1cc(Br)cc([N+](=O)[O-])c1[O-])[C@@H]1COc2ccccc2O1. The lowest BCUT2D eigenvalue weighted by Gasteiger charge is -2.24. The third-order valence-electron chi connectivity index (χ3n) is 3.44. The molecule has 1 amide bonds. The summed E-state index contributed by atoms with van der Waals surface area (Å²) in [7, 11) is 0. The first kappa shape index (κ1) is 17.7. The number of rotatable bonds is 4. The quantitative estimate of drug-likeness (QED) is 0.455. The number of ether oxygens (including phenoxy) is 2. The van der Waals surface area contributed by atoms with E-state index in [9.17, 15) is 20.0 Å². The highest BCUT2D eigenvalue weighted by atomic mass is 79.9. The minimum atomic E-state index is -0.911. The molecule has 3 rings (SSSR count). The van der Waals surface area contributed by atoms with Crippen LogP contribution in [0.25, 0.3) is 0 Å². The third kappa shape index (κ3) is 3.75. The number of nitro benzene ring substituents is 1. The summed E-state index contributed by atoms with van der Waals surface area (Å²) in [5, 5.41) is 26.5.